The van der Waals surface area contributed by atoms with Crippen molar-refractivity contribution in [3.05, 3.63) is 24.3 Å². The second kappa shape index (κ2) is 8.82. The molecule has 0 amide bonds. The van der Waals surface area contributed by atoms with E-state index in [1.807, 2.05) is 6.92 Å². The Balaban J connectivity index is 1.77. The van der Waals surface area contributed by atoms with Gasteiger partial charge in [0.25, 0.3) is 0 Å². The Kier molecular flexibility index (Phi) is 6.68. The van der Waals surface area contributed by atoms with Crippen molar-refractivity contribution in [2.45, 2.75) is 19.8 Å². The second-order valence-corrected chi connectivity index (χ2v) is 4.98. The average Bonchev–Trinajstić information content (AvgIpc) is 2.77. The van der Waals surface area contributed by atoms with Crippen LogP contribution in [-0.4, -0.2) is 46.0 Å². The summed E-state index contributed by atoms with van der Waals surface area (Å²) in [7, 11) is 0. The third-order valence-electron chi connectivity index (χ3n) is 3.45. The third-order valence-corrected chi connectivity index (χ3v) is 3.45. The van der Waals surface area contributed by atoms with Crippen LogP contribution in [0, 0.1) is 0 Å². The number of hydrogen-bond donors (Lipinski definition) is 1. The van der Waals surface area contributed by atoms with Gasteiger partial charge in [-0.15, -0.1) is 0 Å². The van der Waals surface area contributed by atoms with Crippen LogP contribution in [0.2, 0.25) is 0 Å². The van der Waals surface area contributed by atoms with E-state index in [0.717, 1.165) is 51.6 Å². The molecule has 2 rings (SSSR count). The van der Waals surface area contributed by atoms with Gasteiger partial charge in [-0.2, -0.15) is 0 Å². The van der Waals surface area contributed by atoms with Crippen molar-refractivity contribution >= 4 is 5.69 Å². The number of nitrogens with one attached hydrogen (secondary N) is 1. The predicted octanol–water partition coefficient (Wildman–Crippen LogP) is 2.29. The number of ether oxygens (including phenoxy) is 2. The Bertz CT molecular complexity index is 359. The molecule has 0 bridgehead atoms. The third kappa shape index (κ3) is 5.02. The molecule has 4 heteroatoms. The summed E-state index contributed by atoms with van der Waals surface area (Å²) >= 11 is 0. The van der Waals surface area contributed by atoms with E-state index in [4.69, 9.17) is 9.47 Å². The minimum absolute atomic E-state index is 0.715. The van der Waals surface area contributed by atoms with Gasteiger partial charge in [-0.05, 0) is 44.2 Å². The van der Waals surface area contributed by atoms with E-state index in [1.165, 1.54) is 12.1 Å². The fourth-order valence-corrected chi connectivity index (χ4v) is 2.35. The molecule has 4 nitrogen and oxygen atoms in total. The number of benzene rings is 1. The summed E-state index contributed by atoms with van der Waals surface area (Å²) < 4.78 is 11.0. The van der Waals surface area contributed by atoms with Crippen molar-refractivity contribution < 1.29 is 9.47 Å². The summed E-state index contributed by atoms with van der Waals surface area (Å²) in [5, 5.41) is 3.42. The summed E-state index contributed by atoms with van der Waals surface area (Å²) in [6.07, 6.45) is 2.14. The molecule has 112 valence electrons. The van der Waals surface area contributed by atoms with Gasteiger partial charge in [0.2, 0.25) is 0 Å². The Morgan fingerprint density at radius 3 is 2.75 bits per heavy atom. The summed E-state index contributed by atoms with van der Waals surface area (Å²) in [4.78, 5) is 2.43. The molecule has 1 N–H and O–H groups in total. The van der Waals surface area contributed by atoms with Crippen LogP contribution in [-0.2, 0) is 4.74 Å². The van der Waals surface area contributed by atoms with Gasteiger partial charge < -0.3 is 19.7 Å². The fourth-order valence-electron chi connectivity index (χ4n) is 2.35. The van der Waals surface area contributed by atoms with Crippen molar-refractivity contribution in [3.8, 4) is 5.75 Å². The van der Waals surface area contributed by atoms with E-state index in [-0.39, 0.29) is 0 Å². The van der Waals surface area contributed by atoms with Gasteiger partial charge in [0.15, 0.2) is 0 Å². The zero-order valence-electron chi connectivity index (χ0n) is 12.4. The van der Waals surface area contributed by atoms with E-state index >= 15 is 0 Å². The molecule has 1 saturated heterocycles. The molecule has 0 spiro atoms. The van der Waals surface area contributed by atoms with Crippen LogP contribution in [0.5, 0.6) is 5.75 Å². The molecule has 0 unspecified atom stereocenters. The van der Waals surface area contributed by atoms with Gasteiger partial charge in [-0.25, -0.2) is 0 Å². The zero-order valence-corrected chi connectivity index (χ0v) is 12.4. The largest absolute Gasteiger partial charge is 0.494 e. The van der Waals surface area contributed by atoms with Crippen LogP contribution >= 0.6 is 0 Å². The fraction of sp³-hybridized carbons (Fsp3) is 0.625. The molecule has 1 aromatic carbocycles. The lowest BCUT2D eigenvalue weighted by Gasteiger charge is -2.22. The number of hydrogen-bond acceptors (Lipinski definition) is 4. The number of rotatable bonds is 7. The minimum Gasteiger partial charge on any atom is -0.494 e. The molecule has 20 heavy (non-hydrogen) atoms. The van der Waals surface area contributed by atoms with E-state index in [2.05, 4.69) is 34.5 Å². The first-order chi connectivity index (χ1) is 9.90. The molecule has 1 aliphatic rings. The van der Waals surface area contributed by atoms with Crippen LogP contribution in [0.15, 0.2) is 24.3 Å². The minimum atomic E-state index is 0.715. The molecule has 0 aliphatic carbocycles. The van der Waals surface area contributed by atoms with Crippen LogP contribution in [0.25, 0.3) is 0 Å². The van der Waals surface area contributed by atoms with Gasteiger partial charge in [0, 0.05) is 45.0 Å². The van der Waals surface area contributed by atoms with Crippen molar-refractivity contribution in [1.82, 2.24) is 5.32 Å². The van der Waals surface area contributed by atoms with Crippen LogP contribution in [0.1, 0.15) is 19.8 Å². The van der Waals surface area contributed by atoms with Gasteiger partial charge in [0.05, 0.1) is 6.61 Å². The lowest BCUT2D eigenvalue weighted by Crippen LogP contribution is -2.27. The van der Waals surface area contributed by atoms with E-state index in [0.29, 0.717) is 6.61 Å². The molecule has 1 aliphatic heterocycles. The van der Waals surface area contributed by atoms with Crippen LogP contribution < -0.4 is 15.0 Å². The van der Waals surface area contributed by atoms with Gasteiger partial charge in [0.1, 0.15) is 5.75 Å². The molecular weight excluding hydrogens is 252 g/mol. The highest BCUT2D eigenvalue weighted by Gasteiger charge is 2.09. The SMILES string of the molecule is CCOCCCOc1ccc(N2CCCNCC2)cc1. The van der Waals surface area contributed by atoms with Crippen molar-refractivity contribution in [2.75, 3.05) is 50.9 Å². The van der Waals surface area contributed by atoms with E-state index < -0.39 is 0 Å². The molecule has 0 aromatic heterocycles. The van der Waals surface area contributed by atoms with Gasteiger partial charge in [-0.3, -0.25) is 0 Å². The highest BCUT2D eigenvalue weighted by molar-refractivity contribution is 5.49. The van der Waals surface area contributed by atoms with Gasteiger partial charge in [-0.1, -0.05) is 0 Å². The molecule has 0 radical (unpaired) electrons. The van der Waals surface area contributed by atoms with Crippen LogP contribution in [0.4, 0.5) is 5.69 Å². The smallest absolute Gasteiger partial charge is 0.119 e. The quantitative estimate of drug-likeness (QED) is 0.776. The maximum absolute atomic E-state index is 5.71. The Morgan fingerprint density at radius 2 is 1.95 bits per heavy atom. The lowest BCUT2D eigenvalue weighted by atomic mass is 10.2. The Labute approximate surface area is 122 Å². The predicted molar refractivity (Wildman–Crippen MR) is 82.7 cm³/mol. The normalized spacial score (nSPS) is 15.9. The molecule has 1 fully saturated rings. The number of anilines is 1. The highest BCUT2D eigenvalue weighted by atomic mass is 16.5. The Morgan fingerprint density at radius 1 is 1.10 bits per heavy atom. The molecule has 1 aromatic rings. The topological polar surface area (TPSA) is 33.7 Å². The van der Waals surface area contributed by atoms with E-state index in [9.17, 15) is 0 Å². The first-order valence-corrected chi connectivity index (χ1v) is 7.66. The summed E-state index contributed by atoms with van der Waals surface area (Å²) in [6.45, 7) is 8.67. The van der Waals surface area contributed by atoms with Crippen LogP contribution in [0.3, 0.4) is 0 Å². The summed E-state index contributed by atoms with van der Waals surface area (Å²) in [6, 6.07) is 8.44. The van der Waals surface area contributed by atoms with Crippen molar-refractivity contribution in [3.63, 3.8) is 0 Å². The second-order valence-electron chi connectivity index (χ2n) is 4.98. The first kappa shape index (κ1) is 15.1. The van der Waals surface area contributed by atoms with E-state index in [1.54, 1.807) is 0 Å². The highest BCUT2D eigenvalue weighted by Crippen LogP contribution is 2.20. The van der Waals surface area contributed by atoms with Crippen molar-refractivity contribution in [2.24, 2.45) is 0 Å². The molecule has 0 saturated carbocycles. The van der Waals surface area contributed by atoms with Crippen molar-refractivity contribution in [1.29, 1.82) is 0 Å². The van der Waals surface area contributed by atoms with Gasteiger partial charge >= 0.3 is 0 Å². The maximum Gasteiger partial charge on any atom is 0.119 e. The Hall–Kier alpha value is -1.26. The first-order valence-electron chi connectivity index (χ1n) is 7.66. The lowest BCUT2D eigenvalue weighted by molar-refractivity contribution is 0.131. The maximum atomic E-state index is 5.71. The average molecular weight is 278 g/mol. The zero-order chi connectivity index (χ0) is 14.0. The molecule has 0 atom stereocenters. The standard InChI is InChI=1S/C16H26N2O2/c1-2-19-13-4-14-20-16-7-5-15(6-8-16)18-11-3-9-17-10-12-18/h5-8,17H,2-4,9-14H2,1H3. The summed E-state index contributed by atoms with van der Waals surface area (Å²) in [5.41, 5.74) is 1.29. The monoisotopic (exact) mass is 278 g/mol. The summed E-state index contributed by atoms with van der Waals surface area (Å²) in [5.74, 6) is 0.943. The molecular formula is C16H26N2O2. The number of nitrogens with zero attached hydrogens (tertiary/aromatic N) is 1. The molecule has 1 heterocycles.